The maximum atomic E-state index is 11.7. The maximum Gasteiger partial charge on any atom is 0.308 e. The zero-order valence-electron chi connectivity index (χ0n) is 12.7. The summed E-state index contributed by atoms with van der Waals surface area (Å²) in [6, 6.07) is 4.78. The molecule has 2 atom stereocenters. The molecule has 2 N–H and O–H groups in total. The number of hydrogen-bond acceptors (Lipinski definition) is 4. The highest BCUT2D eigenvalue weighted by Crippen LogP contribution is 2.22. The van der Waals surface area contributed by atoms with Crippen LogP contribution in [0.4, 0.5) is 0 Å². The molecule has 21 heavy (non-hydrogen) atoms. The van der Waals surface area contributed by atoms with Crippen molar-refractivity contribution < 1.29 is 24.2 Å². The van der Waals surface area contributed by atoms with Crippen molar-refractivity contribution in [2.45, 2.75) is 26.8 Å². The second-order valence-corrected chi connectivity index (χ2v) is 4.90. The Morgan fingerprint density at radius 1 is 1.33 bits per heavy atom. The Bertz CT molecular complexity index is 515. The second-order valence-electron chi connectivity index (χ2n) is 4.90. The number of carboxylic acids is 1. The van der Waals surface area contributed by atoms with Gasteiger partial charge in [-0.1, -0.05) is 0 Å². The highest BCUT2D eigenvalue weighted by atomic mass is 16.5. The van der Waals surface area contributed by atoms with Crippen molar-refractivity contribution >= 4 is 11.9 Å². The van der Waals surface area contributed by atoms with E-state index in [1.807, 2.05) is 6.92 Å². The SMILES string of the molecule is COc1ccc(OCC(=O)NC(C)C(C)C(=O)O)cc1C. The van der Waals surface area contributed by atoms with E-state index in [1.54, 1.807) is 39.2 Å². The average molecular weight is 295 g/mol. The van der Waals surface area contributed by atoms with Crippen LogP contribution in [-0.4, -0.2) is 36.7 Å². The average Bonchev–Trinajstić information content (AvgIpc) is 2.44. The number of carbonyl (C=O) groups is 2. The molecule has 0 heterocycles. The van der Waals surface area contributed by atoms with E-state index >= 15 is 0 Å². The van der Waals surface area contributed by atoms with Gasteiger partial charge in [-0.05, 0) is 44.5 Å². The van der Waals surface area contributed by atoms with Crippen LogP contribution in [0.2, 0.25) is 0 Å². The first-order valence-corrected chi connectivity index (χ1v) is 6.64. The van der Waals surface area contributed by atoms with Gasteiger partial charge in [-0.25, -0.2) is 0 Å². The van der Waals surface area contributed by atoms with Crippen molar-refractivity contribution in [1.29, 1.82) is 0 Å². The van der Waals surface area contributed by atoms with Gasteiger partial charge >= 0.3 is 5.97 Å². The number of rotatable bonds is 7. The summed E-state index contributed by atoms with van der Waals surface area (Å²) in [4.78, 5) is 22.5. The monoisotopic (exact) mass is 295 g/mol. The van der Waals surface area contributed by atoms with Crippen LogP contribution in [0, 0.1) is 12.8 Å². The summed E-state index contributed by atoms with van der Waals surface area (Å²) in [6.45, 7) is 4.90. The van der Waals surface area contributed by atoms with E-state index in [0.717, 1.165) is 11.3 Å². The van der Waals surface area contributed by atoms with Gasteiger partial charge in [-0.2, -0.15) is 0 Å². The lowest BCUT2D eigenvalue weighted by Gasteiger charge is -2.18. The first-order chi connectivity index (χ1) is 9.85. The van der Waals surface area contributed by atoms with Crippen LogP contribution in [0.15, 0.2) is 18.2 Å². The quantitative estimate of drug-likeness (QED) is 0.798. The van der Waals surface area contributed by atoms with E-state index in [-0.39, 0.29) is 12.5 Å². The van der Waals surface area contributed by atoms with E-state index < -0.39 is 17.9 Å². The van der Waals surface area contributed by atoms with Gasteiger partial charge in [0.2, 0.25) is 0 Å². The number of aryl methyl sites for hydroxylation is 1. The molecular formula is C15H21NO5. The van der Waals surface area contributed by atoms with Gasteiger partial charge in [0, 0.05) is 6.04 Å². The van der Waals surface area contributed by atoms with Crippen LogP contribution in [0.1, 0.15) is 19.4 Å². The third kappa shape index (κ3) is 4.98. The molecule has 0 saturated carbocycles. The molecule has 1 aromatic rings. The van der Waals surface area contributed by atoms with E-state index in [1.165, 1.54) is 0 Å². The molecule has 1 amide bonds. The van der Waals surface area contributed by atoms with Crippen LogP contribution in [-0.2, 0) is 9.59 Å². The molecule has 0 aromatic heterocycles. The van der Waals surface area contributed by atoms with Gasteiger partial charge in [0.05, 0.1) is 13.0 Å². The van der Waals surface area contributed by atoms with Crippen LogP contribution in [0.3, 0.4) is 0 Å². The van der Waals surface area contributed by atoms with Gasteiger partial charge < -0.3 is 19.9 Å². The van der Waals surface area contributed by atoms with E-state index in [0.29, 0.717) is 5.75 Å². The molecule has 0 fully saturated rings. The standard InChI is InChI=1S/C15H21NO5/c1-9-7-12(5-6-13(9)20-4)21-8-14(17)16-11(3)10(2)15(18)19/h5-7,10-11H,8H2,1-4H3,(H,16,17)(H,18,19). The number of nitrogens with one attached hydrogen (secondary N) is 1. The summed E-state index contributed by atoms with van der Waals surface area (Å²) < 4.78 is 10.5. The highest BCUT2D eigenvalue weighted by molar-refractivity contribution is 5.79. The first-order valence-electron chi connectivity index (χ1n) is 6.64. The molecule has 6 heteroatoms. The minimum atomic E-state index is -0.950. The molecule has 0 saturated heterocycles. The van der Waals surface area contributed by atoms with Crippen molar-refractivity contribution in [2.75, 3.05) is 13.7 Å². The zero-order valence-corrected chi connectivity index (χ0v) is 12.7. The van der Waals surface area contributed by atoms with Gasteiger partial charge in [0.1, 0.15) is 11.5 Å². The number of carboxylic acid groups (broad SMARTS) is 1. The number of carbonyl (C=O) groups excluding carboxylic acids is 1. The second kappa shape index (κ2) is 7.52. The third-order valence-electron chi connectivity index (χ3n) is 3.26. The lowest BCUT2D eigenvalue weighted by Crippen LogP contribution is -2.42. The lowest BCUT2D eigenvalue weighted by molar-refractivity contribution is -0.142. The van der Waals surface area contributed by atoms with Gasteiger partial charge in [0.15, 0.2) is 6.61 Å². The summed E-state index contributed by atoms with van der Waals surface area (Å²) in [6.07, 6.45) is 0. The molecular weight excluding hydrogens is 274 g/mol. The predicted molar refractivity (Wildman–Crippen MR) is 77.6 cm³/mol. The number of ether oxygens (including phenoxy) is 2. The first kappa shape index (κ1) is 16.8. The van der Waals surface area contributed by atoms with Crippen molar-refractivity contribution in [3.8, 4) is 11.5 Å². The van der Waals surface area contributed by atoms with Crippen LogP contribution < -0.4 is 14.8 Å². The number of methoxy groups -OCH3 is 1. The lowest BCUT2D eigenvalue weighted by atomic mass is 10.0. The molecule has 1 aromatic carbocycles. The van der Waals surface area contributed by atoms with E-state index in [2.05, 4.69) is 5.32 Å². The van der Waals surface area contributed by atoms with E-state index in [4.69, 9.17) is 14.6 Å². The number of amides is 1. The Morgan fingerprint density at radius 2 is 2.00 bits per heavy atom. The molecule has 0 bridgehead atoms. The molecule has 0 spiro atoms. The van der Waals surface area contributed by atoms with Crippen molar-refractivity contribution in [1.82, 2.24) is 5.32 Å². The Morgan fingerprint density at radius 3 is 2.52 bits per heavy atom. The number of aliphatic carboxylic acids is 1. The summed E-state index contributed by atoms with van der Waals surface area (Å²) >= 11 is 0. The minimum absolute atomic E-state index is 0.164. The minimum Gasteiger partial charge on any atom is -0.496 e. The maximum absolute atomic E-state index is 11.7. The Labute approximate surface area is 124 Å². The van der Waals surface area contributed by atoms with Crippen LogP contribution in [0.5, 0.6) is 11.5 Å². The molecule has 2 unspecified atom stereocenters. The van der Waals surface area contributed by atoms with Gasteiger partial charge in [0.25, 0.3) is 5.91 Å². The Hall–Kier alpha value is -2.24. The zero-order chi connectivity index (χ0) is 16.0. The fraction of sp³-hybridized carbons (Fsp3) is 0.467. The molecule has 0 aliphatic carbocycles. The Kier molecular flexibility index (Phi) is 6.02. The predicted octanol–water partition coefficient (Wildman–Crippen LogP) is 1.61. The fourth-order valence-electron chi connectivity index (χ4n) is 1.72. The summed E-state index contributed by atoms with van der Waals surface area (Å²) in [5, 5.41) is 11.5. The van der Waals surface area contributed by atoms with Crippen molar-refractivity contribution in [3.05, 3.63) is 23.8 Å². The summed E-state index contributed by atoms with van der Waals surface area (Å²) in [5.74, 6) is -0.658. The van der Waals surface area contributed by atoms with Crippen LogP contribution >= 0.6 is 0 Å². The molecule has 116 valence electrons. The molecule has 0 aliphatic heterocycles. The smallest absolute Gasteiger partial charge is 0.308 e. The van der Waals surface area contributed by atoms with Crippen molar-refractivity contribution in [2.24, 2.45) is 5.92 Å². The summed E-state index contributed by atoms with van der Waals surface area (Å²) in [5.41, 5.74) is 0.906. The third-order valence-corrected chi connectivity index (χ3v) is 3.26. The van der Waals surface area contributed by atoms with Crippen LogP contribution in [0.25, 0.3) is 0 Å². The van der Waals surface area contributed by atoms with Crippen molar-refractivity contribution in [3.63, 3.8) is 0 Å². The highest BCUT2D eigenvalue weighted by Gasteiger charge is 2.21. The fourth-order valence-corrected chi connectivity index (χ4v) is 1.72. The molecule has 1 rings (SSSR count). The number of benzene rings is 1. The molecule has 0 aliphatic rings. The molecule has 0 radical (unpaired) electrons. The van der Waals surface area contributed by atoms with E-state index in [9.17, 15) is 9.59 Å². The summed E-state index contributed by atoms with van der Waals surface area (Å²) in [7, 11) is 1.58. The molecule has 6 nitrogen and oxygen atoms in total. The normalized spacial score (nSPS) is 13.1. The topological polar surface area (TPSA) is 84.9 Å². The number of hydrogen-bond donors (Lipinski definition) is 2. The Balaban J connectivity index is 2.50. The van der Waals surface area contributed by atoms with Gasteiger partial charge in [-0.15, -0.1) is 0 Å². The largest absolute Gasteiger partial charge is 0.496 e. The van der Waals surface area contributed by atoms with Gasteiger partial charge in [-0.3, -0.25) is 9.59 Å².